The summed E-state index contributed by atoms with van der Waals surface area (Å²) >= 11 is 2.98. The van der Waals surface area contributed by atoms with Crippen LogP contribution in [-0.2, 0) is 9.59 Å². The smallest absolute Gasteiger partial charge is 0.191 e. The van der Waals surface area contributed by atoms with Crippen molar-refractivity contribution in [3.8, 4) is 11.5 Å². The molecular weight excluding hydrogens is 392 g/mol. The summed E-state index contributed by atoms with van der Waals surface area (Å²) in [7, 11) is 0. The fourth-order valence-electron chi connectivity index (χ4n) is 2.53. The molecule has 1 heterocycles. The van der Waals surface area contributed by atoms with E-state index in [1.807, 2.05) is 0 Å². The molecule has 1 aliphatic rings. The first kappa shape index (κ1) is 20.0. The van der Waals surface area contributed by atoms with Gasteiger partial charge in [-0.3, -0.25) is 9.59 Å². The number of aromatic hydroxyl groups is 2. The van der Waals surface area contributed by atoms with Gasteiger partial charge in [0.05, 0.1) is 9.81 Å². The summed E-state index contributed by atoms with van der Waals surface area (Å²) in [6.07, 6.45) is 5.62. The van der Waals surface area contributed by atoms with Gasteiger partial charge in [-0.2, -0.15) is 0 Å². The van der Waals surface area contributed by atoms with E-state index < -0.39 is 11.6 Å². The van der Waals surface area contributed by atoms with Gasteiger partial charge >= 0.3 is 0 Å². The maximum atomic E-state index is 12.8. The quantitative estimate of drug-likeness (QED) is 0.410. The Balaban J connectivity index is 1.86. The number of carbonyl (C=O) groups excluding carboxylic acids is 2. The van der Waals surface area contributed by atoms with Gasteiger partial charge in [-0.1, -0.05) is 36.4 Å². The van der Waals surface area contributed by atoms with Crippen molar-refractivity contribution in [2.75, 3.05) is 11.5 Å². The monoisotopic (exact) mass is 410 g/mol. The first-order chi connectivity index (χ1) is 13.6. The predicted molar refractivity (Wildman–Crippen MR) is 116 cm³/mol. The number of rotatable bonds is 6. The Morgan fingerprint density at radius 3 is 1.61 bits per heavy atom. The SMILES string of the molecule is O=C(C=Cc1ccccc1O)C(C(=O)C=Cc1ccccc1O)=C1SCCS1. The summed E-state index contributed by atoms with van der Waals surface area (Å²) in [6, 6.07) is 13.3. The van der Waals surface area contributed by atoms with Crippen LogP contribution in [0.15, 0.2) is 70.5 Å². The average Bonchev–Trinajstić information content (AvgIpc) is 3.21. The van der Waals surface area contributed by atoms with E-state index in [0.717, 1.165) is 11.5 Å². The maximum Gasteiger partial charge on any atom is 0.191 e. The van der Waals surface area contributed by atoms with Gasteiger partial charge in [-0.05, 0) is 36.4 Å². The molecule has 0 bridgehead atoms. The van der Waals surface area contributed by atoms with Gasteiger partial charge in [0.2, 0.25) is 0 Å². The van der Waals surface area contributed by atoms with Gasteiger partial charge < -0.3 is 10.2 Å². The minimum atomic E-state index is -0.410. The van der Waals surface area contributed by atoms with E-state index in [-0.39, 0.29) is 17.1 Å². The molecule has 2 aromatic carbocycles. The van der Waals surface area contributed by atoms with Gasteiger partial charge in [0.15, 0.2) is 11.6 Å². The summed E-state index contributed by atoms with van der Waals surface area (Å²) in [6.45, 7) is 0. The Hall–Kier alpha value is -2.70. The third-order valence-corrected chi connectivity index (χ3v) is 6.66. The molecule has 0 unspecified atom stereocenters. The van der Waals surface area contributed by atoms with Gasteiger partial charge in [0.25, 0.3) is 0 Å². The number of allylic oxidation sites excluding steroid dienone is 3. The number of ketones is 2. The molecule has 0 amide bonds. The zero-order valence-electron chi connectivity index (χ0n) is 14.9. The highest BCUT2D eigenvalue weighted by molar-refractivity contribution is 8.25. The highest BCUT2D eigenvalue weighted by Crippen LogP contribution is 2.39. The second-order valence-corrected chi connectivity index (χ2v) is 8.34. The summed E-state index contributed by atoms with van der Waals surface area (Å²) < 4.78 is 0.707. The van der Waals surface area contributed by atoms with Crippen LogP contribution >= 0.6 is 23.5 Å². The first-order valence-electron chi connectivity index (χ1n) is 8.57. The Morgan fingerprint density at radius 1 is 0.750 bits per heavy atom. The number of carbonyl (C=O) groups is 2. The molecule has 0 aliphatic carbocycles. The molecule has 142 valence electrons. The topological polar surface area (TPSA) is 74.6 Å². The number of para-hydroxylation sites is 2. The van der Waals surface area contributed by atoms with E-state index in [0.29, 0.717) is 15.4 Å². The van der Waals surface area contributed by atoms with E-state index >= 15 is 0 Å². The molecule has 0 saturated carbocycles. The second kappa shape index (κ2) is 9.48. The van der Waals surface area contributed by atoms with E-state index in [4.69, 9.17) is 0 Å². The lowest BCUT2D eigenvalue weighted by Gasteiger charge is -2.04. The molecule has 3 rings (SSSR count). The number of thioether (sulfide) groups is 2. The molecule has 2 aromatic rings. The molecule has 2 N–H and O–H groups in total. The van der Waals surface area contributed by atoms with E-state index in [1.165, 1.54) is 60.0 Å². The lowest BCUT2D eigenvalue weighted by atomic mass is 10.0. The van der Waals surface area contributed by atoms with Crippen LogP contribution in [0.3, 0.4) is 0 Å². The van der Waals surface area contributed by atoms with Crippen LogP contribution in [0.4, 0.5) is 0 Å². The van der Waals surface area contributed by atoms with Crippen LogP contribution in [0, 0.1) is 0 Å². The molecule has 0 spiro atoms. The molecule has 1 fully saturated rings. The standard InChI is InChI=1S/C22H18O4S2/c23-17-7-3-1-5-15(17)9-11-19(25)21(22-27-13-14-28-22)20(26)12-10-16-6-2-4-8-18(16)24/h1-12,23-24H,13-14H2. The van der Waals surface area contributed by atoms with Crippen LogP contribution in [-0.4, -0.2) is 33.3 Å². The van der Waals surface area contributed by atoms with Gasteiger partial charge in [-0.15, -0.1) is 23.5 Å². The maximum absolute atomic E-state index is 12.8. The molecule has 1 aliphatic heterocycles. The summed E-state index contributed by atoms with van der Waals surface area (Å²) in [5.41, 5.74) is 1.12. The zero-order valence-corrected chi connectivity index (χ0v) is 16.5. The zero-order chi connectivity index (χ0) is 19.9. The predicted octanol–water partition coefficient (Wildman–Crippen LogP) is 4.65. The van der Waals surface area contributed by atoms with Gasteiger partial charge in [0, 0.05) is 22.6 Å². The number of hydrogen-bond acceptors (Lipinski definition) is 6. The number of hydrogen-bond donors (Lipinski definition) is 2. The molecule has 0 radical (unpaired) electrons. The minimum absolute atomic E-state index is 0.0659. The fraction of sp³-hybridized carbons (Fsp3) is 0.0909. The average molecular weight is 411 g/mol. The van der Waals surface area contributed by atoms with Crippen LogP contribution in [0.2, 0.25) is 0 Å². The molecule has 1 saturated heterocycles. The summed E-state index contributed by atoms with van der Waals surface area (Å²) in [5.74, 6) is 0.999. The molecular formula is C22H18O4S2. The second-order valence-electron chi connectivity index (χ2n) is 5.87. The largest absolute Gasteiger partial charge is 0.507 e. The minimum Gasteiger partial charge on any atom is -0.507 e. The third kappa shape index (κ3) is 4.97. The van der Waals surface area contributed by atoms with Crippen molar-refractivity contribution in [1.29, 1.82) is 0 Å². The van der Waals surface area contributed by atoms with Crippen molar-refractivity contribution in [2.45, 2.75) is 0 Å². The van der Waals surface area contributed by atoms with E-state index in [2.05, 4.69) is 0 Å². The Morgan fingerprint density at radius 2 is 1.18 bits per heavy atom. The highest BCUT2D eigenvalue weighted by atomic mass is 32.2. The van der Waals surface area contributed by atoms with Crippen molar-refractivity contribution in [1.82, 2.24) is 0 Å². The molecule has 4 nitrogen and oxygen atoms in total. The van der Waals surface area contributed by atoms with Crippen LogP contribution < -0.4 is 0 Å². The first-order valence-corrected chi connectivity index (χ1v) is 10.5. The molecule has 0 aromatic heterocycles. The molecule has 0 atom stereocenters. The number of phenols is 2. The lowest BCUT2D eigenvalue weighted by Crippen LogP contribution is -2.10. The van der Waals surface area contributed by atoms with Gasteiger partial charge in [0.1, 0.15) is 11.5 Å². The van der Waals surface area contributed by atoms with Crippen molar-refractivity contribution in [2.24, 2.45) is 0 Å². The van der Waals surface area contributed by atoms with E-state index in [1.54, 1.807) is 36.4 Å². The van der Waals surface area contributed by atoms with Crippen molar-refractivity contribution >= 4 is 47.2 Å². The Bertz CT molecular complexity index is 912. The lowest BCUT2D eigenvalue weighted by molar-refractivity contribution is -0.116. The number of phenolic OH excluding ortho intramolecular Hbond substituents is 2. The third-order valence-electron chi connectivity index (χ3n) is 3.95. The highest BCUT2D eigenvalue weighted by Gasteiger charge is 2.23. The van der Waals surface area contributed by atoms with Crippen LogP contribution in [0.1, 0.15) is 11.1 Å². The normalized spacial score (nSPS) is 14.1. The van der Waals surface area contributed by atoms with Crippen molar-refractivity contribution < 1.29 is 19.8 Å². The summed E-state index contributed by atoms with van der Waals surface area (Å²) in [4.78, 5) is 25.6. The van der Waals surface area contributed by atoms with Crippen molar-refractivity contribution in [3.63, 3.8) is 0 Å². The molecule has 6 heteroatoms. The Kier molecular flexibility index (Phi) is 6.79. The summed E-state index contributed by atoms with van der Waals surface area (Å²) in [5, 5.41) is 19.7. The van der Waals surface area contributed by atoms with Crippen molar-refractivity contribution in [3.05, 3.63) is 81.6 Å². The van der Waals surface area contributed by atoms with E-state index in [9.17, 15) is 19.8 Å². The number of benzene rings is 2. The fourth-order valence-corrected chi connectivity index (χ4v) is 5.09. The van der Waals surface area contributed by atoms with Gasteiger partial charge in [-0.25, -0.2) is 0 Å². The van der Waals surface area contributed by atoms with Crippen LogP contribution in [0.25, 0.3) is 12.2 Å². The Labute approximate surface area is 171 Å². The molecule has 28 heavy (non-hydrogen) atoms. The van der Waals surface area contributed by atoms with Crippen LogP contribution in [0.5, 0.6) is 11.5 Å².